The van der Waals surface area contributed by atoms with Gasteiger partial charge in [0.05, 0.1) is 18.0 Å². The third kappa shape index (κ3) is 4.38. The summed E-state index contributed by atoms with van der Waals surface area (Å²) in [6, 6.07) is 10.1. The number of ketones is 2. The standard InChI is InChI=1S/C23H24N2O6S/c1-31-18-8-10-19(11-9-18)32(29,30)24-16-6-5-15-14-25(23(28)20(15)13-16)21-12-7-17(26)3-2-4-22(21)27/h5-6,8-11,13,21,24H,2-4,7,12,14H2,1H3. The normalized spacial score (nSPS) is 19.3. The van der Waals surface area contributed by atoms with E-state index in [1.54, 1.807) is 24.3 Å². The molecule has 1 N–H and O–H groups in total. The first kappa shape index (κ1) is 22.0. The van der Waals surface area contributed by atoms with Gasteiger partial charge >= 0.3 is 0 Å². The smallest absolute Gasteiger partial charge is 0.261 e. The number of ether oxygens (including phenoxy) is 1. The first-order valence-corrected chi connectivity index (χ1v) is 11.9. The Morgan fingerprint density at radius 3 is 2.47 bits per heavy atom. The Morgan fingerprint density at radius 2 is 1.75 bits per heavy atom. The number of carbonyl (C=O) groups is 3. The van der Waals surface area contributed by atoms with E-state index in [-0.39, 0.29) is 47.4 Å². The summed E-state index contributed by atoms with van der Waals surface area (Å²) in [7, 11) is -2.36. The van der Waals surface area contributed by atoms with Gasteiger partial charge in [-0.2, -0.15) is 0 Å². The van der Waals surface area contributed by atoms with Crippen LogP contribution in [0.25, 0.3) is 0 Å². The van der Waals surface area contributed by atoms with Crippen LogP contribution in [0.1, 0.15) is 48.0 Å². The number of carbonyl (C=O) groups excluding carboxylic acids is 3. The monoisotopic (exact) mass is 456 g/mol. The molecule has 1 fully saturated rings. The molecule has 0 saturated heterocycles. The van der Waals surface area contributed by atoms with E-state index in [9.17, 15) is 22.8 Å². The third-order valence-corrected chi connectivity index (χ3v) is 7.28. The van der Waals surface area contributed by atoms with Crippen LogP contribution in [0.3, 0.4) is 0 Å². The number of Topliss-reactive ketones (excluding diaryl/α,β-unsaturated/α-hetero) is 2. The molecular formula is C23H24N2O6S. The zero-order valence-corrected chi connectivity index (χ0v) is 18.5. The minimum absolute atomic E-state index is 0.0286. The second kappa shape index (κ2) is 8.74. The van der Waals surface area contributed by atoms with E-state index >= 15 is 0 Å². The first-order valence-electron chi connectivity index (χ1n) is 10.4. The second-order valence-electron chi connectivity index (χ2n) is 8.00. The summed E-state index contributed by atoms with van der Waals surface area (Å²) in [6.45, 7) is 0.268. The van der Waals surface area contributed by atoms with Gasteiger partial charge in [0.25, 0.3) is 15.9 Å². The number of sulfonamides is 1. The number of hydrogen-bond donors (Lipinski definition) is 1. The zero-order valence-electron chi connectivity index (χ0n) is 17.7. The molecule has 1 unspecified atom stereocenters. The molecule has 4 rings (SSSR count). The Morgan fingerprint density at radius 1 is 1.00 bits per heavy atom. The van der Waals surface area contributed by atoms with Gasteiger partial charge in [0.1, 0.15) is 11.5 Å². The molecule has 1 aliphatic heterocycles. The lowest BCUT2D eigenvalue weighted by Gasteiger charge is -2.27. The summed E-state index contributed by atoms with van der Waals surface area (Å²) in [4.78, 5) is 39.1. The second-order valence-corrected chi connectivity index (χ2v) is 9.68. The number of amides is 1. The highest BCUT2D eigenvalue weighted by Gasteiger charge is 2.37. The van der Waals surface area contributed by atoms with E-state index in [0.717, 1.165) is 5.56 Å². The molecule has 1 saturated carbocycles. The first-order chi connectivity index (χ1) is 15.3. The molecule has 0 radical (unpaired) electrons. The fraction of sp³-hybridized carbons (Fsp3) is 0.348. The van der Waals surface area contributed by atoms with Crippen LogP contribution >= 0.6 is 0 Å². The van der Waals surface area contributed by atoms with E-state index in [0.29, 0.717) is 30.6 Å². The summed E-state index contributed by atoms with van der Waals surface area (Å²) in [5.41, 5.74) is 1.35. The summed E-state index contributed by atoms with van der Waals surface area (Å²) < 4.78 is 33.0. The molecule has 32 heavy (non-hydrogen) atoms. The number of methoxy groups -OCH3 is 1. The lowest BCUT2D eigenvalue weighted by atomic mass is 9.94. The molecule has 9 heteroatoms. The SMILES string of the molecule is COc1ccc(S(=O)(=O)Nc2ccc3c(c2)C(=O)N(C2CCC(=O)CCCC2=O)C3)cc1. The van der Waals surface area contributed by atoms with Crippen molar-refractivity contribution >= 4 is 33.2 Å². The lowest BCUT2D eigenvalue weighted by molar-refractivity contribution is -0.126. The predicted octanol–water partition coefficient (Wildman–Crippen LogP) is 2.92. The number of hydrogen-bond acceptors (Lipinski definition) is 6. The average Bonchev–Trinajstić information content (AvgIpc) is 3.08. The molecule has 1 heterocycles. The van der Waals surface area contributed by atoms with Gasteiger partial charge in [-0.15, -0.1) is 0 Å². The number of benzene rings is 2. The van der Waals surface area contributed by atoms with E-state index in [1.165, 1.54) is 30.2 Å². The van der Waals surface area contributed by atoms with Crippen LogP contribution in [0.15, 0.2) is 47.4 Å². The van der Waals surface area contributed by atoms with E-state index in [1.807, 2.05) is 0 Å². The van der Waals surface area contributed by atoms with Crippen LogP contribution in [0, 0.1) is 0 Å². The Labute approximate surface area is 186 Å². The minimum Gasteiger partial charge on any atom is -0.497 e. The molecule has 2 aromatic rings. The molecule has 1 amide bonds. The van der Waals surface area contributed by atoms with Gasteiger partial charge in [0.2, 0.25) is 0 Å². The van der Waals surface area contributed by atoms with Crippen molar-refractivity contribution in [3.8, 4) is 5.75 Å². The molecule has 1 aliphatic carbocycles. The Kier molecular flexibility index (Phi) is 6.01. The van der Waals surface area contributed by atoms with Gasteiger partial charge in [-0.1, -0.05) is 6.07 Å². The van der Waals surface area contributed by atoms with Gasteiger partial charge in [0.15, 0.2) is 5.78 Å². The number of nitrogens with zero attached hydrogens (tertiary/aromatic N) is 1. The predicted molar refractivity (Wildman–Crippen MR) is 117 cm³/mol. The van der Waals surface area contributed by atoms with E-state index < -0.39 is 16.1 Å². The largest absolute Gasteiger partial charge is 0.497 e. The van der Waals surface area contributed by atoms with Crippen LogP contribution in [0.2, 0.25) is 0 Å². The topological polar surface area (TPSA) is 110 Å². The minimum atomic E-state index is -3.85. The third-order valence-electron chi connectivity index (χ3n) is 5.89. The highest BCUT2D eigenvalue weighted by molar-refractivity contribution is 7.92. The molecule has 0 bridgehead atoms. The maximum Gasteiger partial charge on any atom is 0.261 e. The van der Waals surface area contributed by atoms with E-state index in [4.69, 9.17) is 4.74 Å². The van der Waals surface area contributed by atoms with Crippen molar-refractivity contribution in [3.63, 3.8) is 0 Å². The lowest BCUT2D eigenvalue weighted by Crippen LogP contribution is -2.42. The molecule has 168 valence electrons. The van der Waals surface area contributed by atoms with Crippen molar-refractivity contribution in [1.82, 2.24) is 4.90 Å². The fourth-order valence-electron chi connectivity index (χ4n) is 4.15. The quantitative estimate of drug-likeness (QED) is 0.741. The molecule has 0 aromatic heterocycles. The molecule has 1 atom stereocenters. The Bertz CT molecular complexity index is 1170. The van der Waals surface area contributed by atoms with Crippen LogP contribution in [0.5, 0.6) is 5.75 Å². The van der Waals surface area contributed by atoms with Crippen LogP contribution in [-0.2, 0) is 26.2 Å². The molecule has 2 aliphatic rings. The number of anilines is 1. The van der Waals surface area contributed by atoms with Crippen LogP contribution in [0.4, 0.5) is 5.69 Å². The van der Waals surface area contributed by atoms with Crippen molar-refractivity contribution in [2.75, 3.05) is 11.8 Å². The number of nitrogens with one attached hydrogen (secondary N) is 1. The van der Waals surface area contributed by atoms with Crippen LogP contribution < -0.4 is 9.46 Å². The van der Waals surface area contributed by atoms with Gasteiger partial charge < -0.3 is 9.64 Å². The summed E-state index contributed by atoms with van der Waals surface area (Å²) in [5.74, 6) is 0.301. The molecule has 8 nitrogen and oxygen atoms in total. The number of rotatable bonds is 5. The van der Waals surface area contributed by atoms with Crippen molar-refractivity contribution in [3.05, 3.63) is 53.6 Å². The van der Waals surface area contributed by atoms with Crippen molar-refractivity contribution < 1.29 is 27.5 Å². The average molecular weight is 457 g/mol. The molecule has 2 aromatic carbocycles. The maximum atomic E-state index is 13.1. The van der Waals surface area contributed by atoms with E-state index in [2.05, 4.69) is 4.72 Å². The van der Waals surface area contributed by atoms with Crippen molar-refractivity contribution in [2.45, 2.75) is 49.6 Å². The summed E-state index contributed by atoms with van der Waals surface area (Å²) >= 11 is 0. The van der Waals surface area contributed by atoms with Gasteiger partial charge in [-0.25, -0.2) is 8.42 Å². The number of fused-ring (bicyclic) bond motifs is 1. The zero-order chi connectivity index (χ0) is 22.9. The Hall–Kier alpha value is -3.20. The van der Waals surface area contributed by atoms with Gasteiger partial charge in [0, 0.05) is 37.1 Å². The summed E-state index contributed by atoms with van der Waals surface area (Å²) in [6.07, 6.45) is 1.81. The molecule has 0 spiro atoms. The highest BCUT2D eigenvalue weighted by Crippen LogP contribution is 2.31. The van der Waals surface area contributed by atoms with Gasteiger partial charge in [-0.05, 0) is 54.8 Å². The fourth-order valence-corrected chi connectivity index (χ4v) is 5.20. The maximum absolute atomic E-state index is 13.1. The van der Waals surface area contributed by atoms with Crippen LogP contribution in [-0.4, -0.2) is 43.9 Å². The highest BCUT2D eigenvalue weighted by atomic mass is 32.2. The summed E-state index contributed by atoms with van der Waals surface area (Å²) in [5, 5.41) is 0. The molecular weight excluding hydrogens is 432 g/mol. The van der Waals surface area contributed by atoms with Crippen molar-refractivity contribution in [2.24, 2.45) is 0 Å². The van der Waals surface area contributed by atoms with Crippen molar-refractivity contribution in [1.29, 1.82) is 0 Å². The van der Waals surface area contributed by atoms with Gasteiger partial charge in [-0.3, -0.25) is 19.1 Å². The Balaban J connectivity index is 1.54.